The van der Waals surface area contributed by atoms with E-state index in [0.717, 1.165) is 5.56 Å². The zero-order valence-corrected chi connectivity index (χ0v) is 11.4. The van der Waals surface area contributed by atoms with Crippen LogP contribution in [0.1, 0.15) is 22.1 Å². The first-order chi connectivity index (χ1) is 9.54. The summed E-state index contributed by atoms with van der Waals surface area (Å²) in [4.78, 5) is 13.7. The average Bonchev–Trinajstić information content (AvgIpc) is 2.77. The highest BCUT2D eigenvalue weighted by Crippen LogP contribution is 2.32. The van der Waals surface area contributed by atoms with Crippen LogP contribution in [0.2, 0.25) is 0 Å². The van der Waals surface area contributed by atoms with Gasteiger partial charge in [0.25, 0.3) is 0 Å². The SMILES string of the molecule is Cc1ccc(C(Cl)c2ccc3[nH]c(=O)oc3c2)c(F)c1. The molecule has 3 aromatic rings. The summed E-state index contributed by atoms with van der Waals surface area (Å²) in [5.41, 5.74) is 2.90. The summed E-state index contributed by atoms with van der Waals surface area (Å²) in [6.07, 6.45) is 0. The van der Waals surface area contributed by atoms with Gasteiger partial charge >= 0.3 is 5.76 Å². The molecule has 20 heavy (non-hydrogen) atoms. The Morgan fingerprint density at radius 3 is 2.80 bits per heavy atom. The molecule has 0 amide bonds. The van der Waals surface area contributed by atoms with Crippen molar-refractivity contribution in [1.29, 1.82) is 0 Å². The number of aromatic nitrogens is 1. The molecule has 0 saturated heterocycles. The van der Waals surface area contributed by atoms with Crippen LogP contribution in [0.5, 0.6) is 0 Å². The van der Waals surface area contributed by atoms with Crippen molar-refractivity contribution in [3.05, 3.63) is 69.5 Å². The van der Waals surface area contributed by atoms with Crippen molar-refractivity contribution >= 4 is 22.7 Å². The Balaban J connectivity index is 2.06. The maximum absolute atomic E-state index is 13.9. The number of benzene rings is 2. The van der Waals surface area contributed by atoms with Crippen molar-refractivity contribution in [3.8, 4) is 0 Å². The minimum Gasteiger partial charge on any atom is -0.408 e. The highest BCUT2D eigenvalue weighted by Gasteiger charge is 2.16. The van der Waals surface area contributed by atoms with Gasteiger partial charge in [-0.2, -0.15) is 0 Å². The highest BCUT2D eigenvalue weighted by molar-refractivity contribution is 6.22. The third-order valence-corrected chi connectivity index (χ3v) is 3.65. The van der Waals surface area contributed by atoms with Gasteiger partial charge in [0.1, 0.15) is 5.82 Å². The number of hydrogen-bond donors (Lipinski definition) is 1. The molecule has 3 nitrogen and oxygen atoms in total. The second-order valence-electron chi connectivity index (χ2n) is 4.66. The second kappa shape index (κ2) is 4.80. The van der Waals surface area contributed by atoms with E-state index in [-0.39, 0.29) is 5.82 Å². The van der Waals surface area contributed by atoms with Crippen molar-refractivity contribution in [2.45, 2.75) is 12.3 Å². The number of halogens is 2. The number of aryl methyl sites for hydroxylation is 1. The van der Waals surface area contributed by atoms with Crippen molar-refractivity contribution in [3.63, 3.8) is 0 Å². The van der Waals surface area contributed by atoms with Gasteiger partial charge in [0.05, 0.1) is 10.9 Å². The van der Waals surface area contributed by atoms with E-state index in [1.807, 2.05) is 13.0 Å². The maximum Gasteiger partial charge on any atom is 0.417 e. The Kier molecular flexibility index (Phi) is 3.10. The number of hydrogen-bond acceptors (Lipinski definition) is 2. The topological polar surface area (TPSA) is 46.0 Å². The molecule has 0 radical (unpaired) electrons. The molecule has 0 aliphatic rings. The number of oxazole rings is 1. The molecule has 1 atom stereocenters. The van der Waals surface area contributed by atoms with Gasteiger partial charge in [0.2, 0.25) is 0 Å². The summed E-state index contributed by atoms with van der Waals surface area (Å²) in [5.74, 6) is -0.870. The minimum absolute atomic E-state index is 0.347. The molecule has 3 rings (SSSR count). The lowest BCUT2D eigenvalue weighted by atomic mass is 10.0. The van der Waals surface area contributed by atoms with Gasteiger partial charge in [-0.25, -0.2) is 9.18 Å². The minimum atomic E-state index is -0.639. The first-order valence-electron chi connectivity index (χ1n) is 6.07. The molecule has 0 spiro atoms. The normalized spacial score (nSPS) is 12.8. The zero-order valence-electron chi connectivity index (χ0n) is 10.6. The fourth-order valence-corrected chi connectivity index (χ4v) is 2.45. The lowest BCUT2D eigenvalue weighted by Crippen LogP contribution is -1.97. The summed E-state index contributed by atoms with van der Waals surface area (Å²) in [5, 5.41) is -0.639. The van der Waals surface area contributed by atoms with Crippen LogP contribution in [-0.4, -0.2) is 4.98 Å². The van der Waals surface area contributed by atoms with Gasteiger partial charge in [-0.05, 0) is 36.2 Å². The molecule has 0 fully saturated rings. The lowest BCUT2D eigenvalue weighted by molar-refractivity contribution is 0.555. The number of aromatic amines is 1. The number of H-pyrrole nitrogens is 1. The number of fused-ring (bicyclic) bond motifs is 1. The van der Waals surface area contributed by atoms with Crippen molar-refractivity contribution in [1.82, 2.24) is 4.98 Å². The van der Waals surface area contributed by atoms with E-state index in [2.05, 4.69) is 4.98 Å². The van der Waals surface area contributed by atoms with Crippen LogP contribution in [0.15, 0.2) is 45.6 Å². The van der Waals surface area contributed by atoms with Gasteiger partial charge in [0.15, 0.2) is 5.58 Å². The Bertz CT molecular complexity index is 837. The first kappa shape index (κ1) is 12.9. The molecule has 0 aliphatic heterocycles. The smallest absolute Gasteiger partial charge is 0.408 e. The van der Waals surface area contributed by atoms with Gasteiger partial charge < -0.3 is 4.42 Å². The van der Waals surface area contributed by atoms with Crippen LogP contribution in [-0.2, 0) is 0 Å². The third-order valence-electron chi connectivity index (χ3n) is 3.17. The molecular formula is C15H11ClFNO2. The fourth-order valence-electron chi connectivity index (χ4n) is 2.14. The molecule has 102 valence electrons. The predicted octanol–water partition coefficient (Wildman–Crippen LogP) is 3.90. The van der Waals surface area contributed by atoms with E-state index in [0.29, 0.717) is 22.2 Å². The second-order valence-corrected chi connectivity index (χ2v) is 5.09. The molecular weight excluding hydrogens is 281 g/mol. The van der Waals surface area contributed by atoms with Crippen LogP contribution in [0.3, 0.4) is 0 Å². The predicted molar refractivity (Wildman–Crippen MR) is 75.7 cm³/mol. The molecule has 1 unspecified atom stereocenters. The zero-order chi connectivity index (χ0) is 14.3. The summed E-state index contributed by atoms with van der Waals surface area (Å²) in [6, 6.07) is 9.99. The highest BCUT2D eigenvalue weighted by atomic mass is 35.5. The van der Waals surface area contributed by atoms with Crippen LogP contribution in [0.4, 0.5) is 4.39 Å². The number of nitrogens with one attached hydrogen (secondary N) is 1. The van der Waals surface area contributed by atoms with E-state index >= 15 is 0 Å². The van der Waals surface area contributed by atoms with Crippen molar-refractivity contribution in [2.24, 2.45) is 0 Å². The Morgan fingerprint density at radius 2 is 2.05 bits per heavy atom. The molecule has 0 bridgehead atoms. The average molecular weight is 292 g/mol. The number of alkyl halides is 1. The molecule has 2 aromatic carbocycles. The molecule has 0 aliphatic carbocycles. The van der Waals surface area contributed by atoms with Crippen molar-refractivity contribution < 1.29 is 8.81 Å². The molecule has 5 heteroatoms. The van der Waals surface area contributed by atoms with Crippen molar-refractivity contribution in [2.75, 3.05) is 0 Å². The maximum atomic E-state index is 13.9. The Labute approximate surface area is 119 Å². The molecule has 1 N–H and O–H groups in total. The van der Waals surface area contributed by atoms with Crippen LogP contribution >= 0.6 is 11.6 Å². The summed E-state index contributed by atoms with van der Waals surface area (Å²) in [6.45, 7) is 1.82. The molecule has 0 saturated carbocycles. The monoisotopic (exact) mass is 291 g/mol. The van der Waals surface area contributed by atoms with E-state index < -0.39 is 11.1 Å². The molecule has 1 aromatic heterocycles. The Hall–Kier alpha value is -2.07. The van der Waals surface area contributed by atoms with E-state index in [1.54, 1.807) is 24.3 Å². The summed E-state index contributed by atoms with van der Waals surface area (Å²) in [7, 11) is 0. The standard InChI is InChI=1S/C15H11ClFNO2/c1-8-2-4-10(11(17)6-8)14(16)9-3-5-12-13(7-9)20-15(19)18-12/h2-7,14H,1H3,(H,18,19). The van der Waals surface area contributed by atoms with Crippen LogP contribution in [0, 0.1) is 12.7 Å². The van der Waals surface area contributed by atoms with Gasteiger partial charge in [0, 0.05) is 5.56 Å². The largest absolute Gasteiger partial charge is 0.417 e. The van der Waals surface area contributed by atoms with Crippen LogP contribution in [0.25, 0.3) is 11.1 Å². The van der Waals surface area contributed by atoms with Crippen LogP contribution < -0.4 is 5.76 Å². The first-order valence-corrected chi connectivity index (χ1v) is 6.51. The third kappa shape index (κ3) is 2.23. The van der Waals surface area contributed by atoms with E-state index in [4.69, 9.17) is 16.0 Å². The Morgan fingerprint density at radius 1 is 1.25 bits per heavy atom. The number of rotatable bonds is 2. The van der Waals surface area contributed by atoms with Gasteiger partial charge in [-0.15, -0.1) is 11.6 Å². The fraction of sp³-hybridized carbons (Fsp3) is 0.133. The summed E-state index contributed by atoms with van der Waals surface area (Å²) < 4.78 is 18.9. The van der Waals surface area contributed by atoms with Gasteiger partial charge in [-0.1, -0.05) is 18.2 Å². The summed E-state index contributed by atoms with van der Waals surface area (Å²) >= 11 is 6.33. The quantitative estimate of drug-likeness (QED) is 0.728. The van der Waals surface area contributed by atoms with E-state index in [1.165, 1.54) is 6.07 Å². The molecule has 1 heterocycles. The van der Waals surface area contributed by atoms with Gasteiger partial charge in [-0.3, -0.25) is 4.98 Å². The van der Waals surface area contributed by atoms with E-state index in [9.17, 15) is 9.18 Å². The lowest BCUT2D eigenvalue weighted by Gasteiger charge is -2.11.